The summed E-state index contributed by atoms with van der Waals surface area (Å²) in [6.45, 7) is 0. The smallest absolute Gasteiger partial charge is 0.355 e. The number of amides is 1. The lowest BCUT2D eigenvalue weighted by Gasteiger charge is -2.04. The quantitative estimate of drug-likeness (QED) is 0.140. The van der Waals surface area contributed by atoms with Crippen molar-refractivity contribution in [1.82, 2.24) is 5.43 Å². The molecule has 0 bridgehead atoms. The predicted octanol–water partition coefficient (Wildman–Crippen LogP) is 6.84. The molecule has 1 N–H and O–H groups in total. The van der Waals surface area contributed by atoms with Crippen LogP contribution < -0.4 is 10.2 Å². The standard InChI is InChI=1S/C23H13Cl3N2O3S/c24-17-10-7-14(11-18(17)25)22(29)28-27-12-13-5-8-15(9-6-13)31-23(30)21-20(26)16-3-1-2-4-19(16)32-21/h1-12H,(H,28,29)/b27-12-. The fourth-order valence-corrected chi connectivity index (χ4v) is 4.47. The van der Waals surface area contributed by atoms with Crippen LogP contribution in [0.5, 0.6) is 5.75 Å². The molecule has 1 amide bonds. The Bertz CT molecular complexity index is 1350. The largest absolute Gasteiger partial charge is 0.422 e. The van der Waals surface area contributed by atoms with Crippen LogP contribution in [0.1, 0.15) is 25.6 Å². The number of thiophene rings is 1. The predicted molar refractivity (Wildman–Crippen MR) is 130 cm³/mol. The minimum atomic E-state index is -0.522. The van der Waals surface area contributed by atoms with Crippen LogP contribution in [0.3, 0.4) is 0 Å². The van der Waals surface area contributed by atoms with Gasteiger partial charge < -0.3 is 4.74 Å². The molecule has 9 heteroatoms. The first-order valence-corrected chi connectivity index (χ1v) is 11.1. The van der Waals surface area contributed by atoms with Gasteiger partial charge >= 0.3 is 5.97 Å². The second-order valence-corrected chi connectivity index (χ2v) is 8.77. The summed E-state index contributed by atoms with van der Waals surface area (Å²) in [5, 5.41) is 5.77. The third-order valence-electron chi connectivity index (χ3n) is 4.37. The highest BCUT2D eigenvalue weighted by Crippen LogP contribution is 2.35. The number of rotatable bonds is 5. The minimum Gasteiger partial charge on any atom is -0.422 e. The molecule has 0 unspecified atom stereocenters. The maximum atomic E-state index is 12.5. The van der Waals surface area contributed by atoms with Crippen molar-refractivity contribution in [3.05, 3.63) is 97.8 Å². The summed E-state index contributed by atoms with van der Waals surface area (Å²) in [5.41, 5.74) is 3.44. The van der Waals surface area contributed by atoms with Crippen LogP contribution in [0.4, 0.5) is 0 Å². The highest BCUT2D eigenvalue weighted by Gasteiger charge is 2.18. The molecule has 0 saturated heterocycles. The van der Waals surface area contributed by atoms with Crippen molar-refractivity contribution in [2.24, 2.45) is 5.10 Å². The first kappa shape index (κ1) is 22.3. The number of carbonyl (C=O) groups excluding carboxylic acids is 2. The van der Waals surface area contributed by atoms with Crippen molar-refractivity contribution in [3.63, 3.8) is 0 Å². The molecular formula is C23H13Cl3N2O3S. The van der Waals surface area contributed by atoms with Crippen LogP contribution in [0.2, 0.25) is 15.1 Å². The number of fused-ring (bicyclic) bond motifs is 1. The average Bonchev–Trinajstić information content (AvgIpc) is 3.13. The summed E-state index contributed by atoms with van der Waals surface area (Å²) in [7, 11) is 0. The number of carbonyl (C=O) groups is 2. The molecule has 0 radical (unpaired) electrons. The van der Waals surface area contributed by atoms with E-state index in [1.54, 1.807) is 30.3 Å². The highest BCUT2D eigenvalue weighted by molar-refractivity contribution is 7.21. The van der Waals surface area contributed by atoms with Crippen molar-refractivity contribution >= 4 is 74.3 Å². The number of hydrogen-bond donors (Lipinski definition) is 1. The zero-order valence-corrected chi connectivity index (χ0v) is 19.2. The van der Waals surface area contributed by atoms with Gasteiger partial charge in [-0.1, -0.05) is 53.0 Å². The summed E-state index contributed by atoms with van der Waals surface area (Å²) >= 11 is 19.4. The number of ether oxygens (including phenoxy) is 1. The number of nitrogens with one attached hydrogen (secondary N) is 1. The molecule has 0 aliphatic carbocycles. The van der Waals surface area contributed by atoms with Crippen LogP contribution in [0.15, 0.2) is 71.8 Å². The molecule has 1 aromatic heterocycles. The van der Waals surface area contributed by atoms with Crippen molar-refractivity contribution in [2.45, 2.75) is 0 Å². The summed E-state index contributed by atoms with van der Waals surface area (Å²) in [5.74, 6) is -0.586. The van der Waals surface area contributed by atoms with Crippen LogP contribution in [0.25, 0.3) is 10.1 Å². The Morgan fingerprint density at radius 1 is 0.938 bits per heavy atom. The van der Waals surface area contributed by atoms with E-state index in [2.05, 4.69) is 10.5 Å². The van der Waals surface area contributed by atoms with Crippen molar-refractivity contribution in [3.8, 4) is 5.75 Å². The first-order chi connectivity index (χ1) is 15.4. The van der Waals surface area contributed by atoms with Gasteiger partial charge in [0.2, 0.25) is 0 Å². The number of esters is 1. The Hall–Kier alpha value is -2.90. The van der Waals surface area contributed by atoms with Gasteiger partial charge in [-0.05, 0) is 54.1 Å². The summed E-state index contributed by atoms with van der Waals surface area (Å²) in [6, 6.07) is 18.7. The zero-order chi connectivity index (χ0) is 22.7. The van der Waals surface area contributed by atoms with Gasteiger partial charge in [0.1, 0.15) is 10.6 Å². The second-order valence-electron chi connectivity index (χ2n) is 6.53. The zero-order valence-electron chi connectivity index (χ0n) is 16.1. The maximum Gasteiger partial charge on any atom is 0.355 e. The fourth-order valence-electron chi connectivity index (χ4n) is 2.79. The summed E-state index contributed by atoms with van der Waals surface area (Å²) in [6.07, 6.45) is 1.46. The Morgan fingerprint density at radius 2 is 1.69 bits per heavy atom. The number of halogens is 3. The van der Waals surface area contributed by atoms with Gasteiger partial charge in [0.25, 0.3) is 5.91 Å². The second kappa shape index (κ2) is 9.71. The Labute approximate surface area is 202 Å². The molecule has 0 atom stereocenters. The van der Waals surface area contributed by atoms with E-state index in [9.17, 15) is 9.59 Å². The van der Waals surface area contributed by atoms with Gasteiger partial charge in [-0.25, -0.2) is 10.2 Å². The van der Waals surface area contributed by atoms with Gasteiger partial charge in [0, 0.05) is 15.6 Å². The number of benzene rings is 3. The third-order valence-corrected chi connectivity index (χ3v) is 6.77. The molecule has 4 rings (SSSR count). The molecule has 1 heterocycles. The highest BCUT2D eigenvalue weighted by atomic mass is 35.5. The summed E-state index contributed by atoms with van der Waals surface area (Å²) in [4.78, 5) is 25.0. The van der Waals surface area contributed by atoms with Gasteiger partial charge in [-0.15, -0.1) is 11.3 Å². The van der Waals surface area contributed by atoms with E-state index in [0.29, 0.717) is 31.8 Å². The maximum absolute atomic E-state index is 12.5. The van der Waals surface area contributed by atoms with E-state index >= 15 is 0 Å². The molecule has 3 aromatic carbocycles. The minimum absolute atomic E-state index is 0.283. The van der Waals surface area contributed by atoms with Crippen LogP contribution >= 0.6 is 46.1 Å². The number of hydrazone groups is 1. The molecule has 32 heavy (non-hydrogen) atoms. The van der Waals surface area contributed by atoms with Crippen LogP contribution in [-0.4, -0.2) is 18.1 Å². The molecule has 0 aliphatic heterocycles. The number of hydrogen-bond acceptors (Lipinski definition) is 5. The molecule has 0 saturated carbocycles. The molecule has 160 valence electrons. The van der Waals surface area contributed by atoms with Crippen molar-refractivity contribution < 1.29 is 14.3 Å². The normalized spacial score (nSPS) is 11.1. The van der Waals surface area contributed by atoms with E-state index in [4.69, 9.17) is 39.5 Å². The van der Waals surface area contributed by atoms with Gasteiger partial charge in [0.05, 0.1) is 21.3 Å². The third kappa shape index (κ3) is 4.95. The molecule has 0 spiro atoms. The topological polar surface area (TPSA) is 67.8 Å². The Kier molecular flexibility index (Phi) is 6.77. The lowest BCUT2D eigenvalue weighted by Crippen LogP contribution is -2.17. The van der Waals surface area contributed by atoms with E-state index in [1.807, 2.05) is 24.3 Å². The van der Waals surface area contributed by atoms with E-state index in [0.717, 1.165) is 10.1 Å². The molecule has 5 nitrogen and oxygen atoms in total. The van der Waals surface area contributed by atoms with Crippen LogP contribution in [-0.2, 0) is 0 Å². The monoisotopic (exact) mass is 502 g/mol. The average molecular weight is 504 g/mol. The van der Waals surface area contributed by atoms with E-state index in [-0.39, 0.29) is 5.02 Å². The van der Waals surface area contributed by atoms with Crippen molar-refractivity contribution in [1.29, 1.82) is 0 Å². The molecule has 0 fully saturated rings. The molecule has 0 aliphatic rings. The number of nitrogens with zero attached hydrogens (tertiary/aromatic N) is 1. The summed E-state index contributed by atoms with van der Waals surface area (Å²) < 4.78 is 6.35. The van der Waals surface area contributed by atoms with Crippen LogP contribution in [0, 0.1) is 0 Å². The molecular weight excluding hydrogens is 491 g/mol. The van der Waals surface area contributed by atoms with Crippen molar-refractivity contribution in [2.75, 3.05) is 0 Å². The van der Waals surface area contributed by atoms with E-state index in [1.165, 1.54) is 29.7 Å². The Morgan fingerprint density at radius 3 is 2.41 bits per heavy atom. The van der Waals surface area contributed by atoms with E-state index < -0.39 is 11.9 Å². The molecule has 4 aromatic rings. The first-order valence-electron chi connectivity index (χ1n) is 9.20. The SMILES string of the molecule is O=C(N/N=C\c1ccc(OC(=O)c2sc3ccccc3c2Cl)cc1)c1ccc(Cl)c(Cl)c1. The lowest BCUT2D eigenvalue weighted by atomic mass is 10.2. The lowest BCUT2D eigenvalue weighted by molar-refractivity contribution is 0.0739. The van der Waals surface area contributed by atoms with Gasteiger partial charge in [-0.2, -0.15) is 5.10 Å². The van der Waals surface area contributed by atoms with Gasteiger partial charge in [0.15, 0.2) is 0 Å². The van der Waals surface area contributed by atoms with Gasteiger partial charge in [-0.3, -0.25) is 4.79 Å². The fraction of sp³-hybridized carbons (Fsp3) is 0. The Balaban J connectivity index is 1.38.